The monoisotopic (exact) mass is 310 g/mol. The molecule has 0 unspecified atom stereocenters. The molecule has 4 nitrogen and oxygen atoms in total. The predicted molar refractivity (Wildman–Crippen MR) is 81.8 cm³/mol. The zero-order chi connectivity index (χ0) is 14.7. The molecule has 3 N–H and O–H groups in total. The van der Waals surface area contributed by atoms with Crippen LogP contribution in [0.2, 0.25) is 10.0 Å². The van der Waals surface area contributed by atoms with Crippen LogP contribution in [-0.2, 0) is 0 Å². The Morgan fingerprint density at radius 2 is 2.00 bits per heavy atom. The first-order chi connectivity index (χ1) is 9.52. The van der Waals surface area contributed by atoms with E-state index in [-0.39, 0.29) is 10.9 Å². The number of carbonyl (C=O) groups excluding carboxylic acids is 1. The third kappa shape index (κ3) is 2.98. The Morgan fingerprint density at radius 3 is 2.65 bits per heavy atom. The van der Waals surface area contributed by atoms with Crippen molar-refractivity contribution in [2.75, 3.05) is 18.2 Å². The summed E-state index contributed by atoms with van der Waals surface area (Å²) >= 11 is 11.9. The standard InChI is InChI=1S/C14H12Cl2N2O2/c1-20-8-5-6-9(11(17)7-8)14(19)18-12-4-2-3-10(15)13(12)16/h2-7H,17H2,1H3,(H,18,19). The zero-order valence-electron chi connectivity index (χ0n) is 10.6. The van der Waals surface area contributed by atoms with Crippen LogP contribution in [0.25, 0.3) is 0 Å². The highest BCUT2D eigenvalue weighted by Gasteiger charge is 2.13. The molecule has 0 saturated heterocycles. The van der Waals surface area contributed by atoms with Gasteiger partial charge in [-0.1, -0.05) is 29.3 Å². The molecule has 2 aromatic carbocycles. The molecule has 0 aliphatic carbocycles. The van der Waals surface area contributed by atoms with Gasteiger partial charge < -0.3 is 15.8 Å². The van der Waals surface area contributed by atoms with E-state index < -0.39 is 0 Å². The van der Waals surface area contributed by atoms with E-state index in [4.69, 9.17) is 33.7 Å². The van der Waals surface area contributed by atoms with E-state index in [1.165, 1.54) is 7.11 Å². The molecule has 0 aliphatic heterocycles. The Kier molecular flexibility index (Phi) is 4.37. The Bertz CT molecular complexity index is 660. The maximum absolute atomic E-state index is 12.2. The summed E-state index contributed by atoms with van der Waals surface area (Å²) in [6, 6.07) is 9.82. The first-order valence-electron chi connectivity index (χ1n) is 5.72. The average Bonchev–Trinajstić information content (AvgIpc) is 2.43. The number of ether oxygens (including phenoxy) is 1. The summed E-state index contributed by atoms with van der Waals surface area (Å²) in [5.41, 5.74) is 6.90. The van der Waals surface area contributed by atoms with Crippen molar-refractivity contribution in [3.05, 3.63) is 52.0 Å². The fourth-order valence-corrected chi connectivity index (χ4v) is 2.01. The van der Waals surface area contributed by atoms with E-state index in [0.29, 0.717) is 27.7 Å². The molecule has 0 heterocycles. The topological polar surface area (TPSA) is 64.3 Å². The second-order valence-corrected chi connectivity index (χ2v) is 4.79. The van der Waals surface area contributed by atoms with E-state index in [1.807, 2.05) is 0 Å². The number of nitrogens with two attached hydrogens (primary N) is 1. The van der Waals surface area contributed by atoms with Crippen LogP contribution in [0.1, 0.15) is 10.4 Å². The number of methoxy groups -OCH3 is 1. The third-order valence-corrected chi connectivity index (χ3v) is 3.52. The van der Waals surface area contributed by atoms with Gasteiger partial charge in [0.25, 0.3) is 5.91 Å². The number of nitrogens with one attached hydrogen (secondary N) is 1. The van der Waals surface area contributed by atoms with Gasteiger partial charge in [0, 0.05) is 11.8 Å². The van der Waals surface area contributed by atoms with E-state index in [0.717, 1.165) is 0 Å². The number of halogens is 2. The van der Waals surface area contributed by atoms with Crippen LogP contribution in [0.3, 0.4) is 0 Å². The van der Waals surface area contributed by atoms with Gasteiger partial charge >= 0.3 is 0 Å². The molecule has 2 aromatic rings. The van der Waals surface area contributed by atoms with E-state index in [9.17, 15) is 4.79 Å². The average molecular weight is 311 g/mol. The van der Waals surface area contributed by atoms with Gasteiger partial charge in [-0.25, -0.2) is 0 Å². The van der Waals surface area contributed by atoms with Crippen LogP contribution in [0, 0.1) is 0 Å². The van der Waals surface area contributed by atoms with Gasteiger partial charge in [-0.05, 0) is 24.3 Å². The summed E-state index contributed by atoms with van der Waals surface area (Å²) in [4.78, 5) is 12.2. The number of hydrogen-bond acceptors (Lipinski definition) is 3. The van der Waals surface area contributed by atoms with Gasteiger partial charge in [0.1, 0.15) is 5.75 Å². The van der Waals surface area contributed by atoms with Gasteiger partial charge in [-0.2, -0.15) is 0 Å². The molecular formula is C14H12Cl2N2O2. The summed E-state index contributed by atoms with van der Waals surface area (Å²) in [5.74, 6) is 0.217. The molecule has 6 heteroatoms. The lowest BCUT2D eigenvalue weighted by Crippen LogP contribution is -2.14. The molecule has 0 spiro atoms. The molecule has 0 saturated carbocycles. The Morgan fingerprint density at radius 1 is 1.25 bits per heavy atom. The normalized spacial score (nSPS) is 10.2. The van der Waals surface area contributed by atoms with Gasteiger partial charge in [0.05, 0.1) is 28.4 Å². The number of amides is 1. The minimum Gasteiger partial charge on any atom is -0.497 e. The number of benzene rings is 2. The van der Waals surface area contributed by atoms with Crippen LogP contribution in [0.4, 0.5) is 11.4 Å². The van der Waals surface area contributed by atoms with Crippen molar-refractivity contribution in [3.63, 3.8) is 0 Å². The first kappa shape index (κ1) is 14.5. The molecule has 2 rings (SSSR count). The van der Waals surface area contributed by atoms with Gasteiger partial charge in [0.2, 0.25) is 0 Å². The summed E-state index contributed by atoms with van der Waals surface area (Å²) in [5, 5.41) is 3.32. The molecule has 0 aliphatic rings. The molecule has 0 radical (unpaired) electrons. The van der Waals surface area contributed by atoms with Gasteiger partial charge in [-0.15, -0.1) is 0 Å². The van der Waals surface area contributed by atoms with E-state index >= 15 is 0 Å². The van der Waals surface area contributed by atoms with Crippen LogP contribution in [0.15, 0.2) is 36.4 Å². The lowest BCUT2D eigenvalue weighted by Gasteiger charge is -2.10. The number of anilines is 2. The summed E-state index contributed by atoms with van der Waals surface area (Å²) in [7, 11) is 1.53. The lowest BCUT2D eigenvalue weighted by atomic mass is 10.1. The maximum Gasteiger partial charge on any atom is 0.257 e. The number of carbonyl (C=O) groups is 1. The zero-order valence-corrected chi connectivity index (χ0v) is 12.1. The second-order valence-electron chi connectivity index (χ2n) is 4.01. The predicted octanol–water partition coefficient (Wildman–Crippen LogP) is 3.84. The molecule has 0 aromatic heterocycles. The summed E-state index contributed by atoms with van der Waals surface area (Å²) in [6.07, 6.45) is 0. The van der Waals surface area contributed by atoms with Gasteiger partial charge in [-0.3, -0.25) is 4.79 Å². The van der Waals surface area contributed by atoms with Crippen molar-refractivity contribution >= 4 is 40.5 Å². The fraction of sp³-hybridized carbons (Fsp3) is 0.0714. The Labute approximate surface area is 126 Å². The molecule has 104 valence electrons. The van der Waals surface area contributed by atoms with E-state index in [2.05, 4.69) is 5.32 Å². The molecule has 0 bridgehead atoms. The summed E-state index contributed by atoms with van der Waals surface area (Å²) in [6.45, 7) is 0. The van der Waals surface area contributed by atoms with Crippen molar-refractivity contribution in [2.45, 2.75) is 0 Å². The highest BCUT2D eigenvalue weighted by atomic mass is 35.5. The molecule has 0 atom stereocenters. The fourth-order valence-electron chi connectivity index (χ4n) is 1.66. The molecule has 20 heavy (non-hydrogen) atoms. The van der Waals surface area contributed by atoms with Gasteiger partial charge in [0.15, 0.2) is 0 Å². The lowest BCUT2D eigenvalue weighted by molar-refractivity contribution is 0.102. The van der Waals surface area contributed by atoms with Crippen LogP contribution in [-0.4, -0.2) is 13.0 Å². The van der Waals surface area contributed by atoms with Crippen molar-refractivity contribution in [1.82, 2.24) is 0 Å². The van der Waals surface area contributed by atoms with Crippen LogP contribution < -0.4 is 15.8 Å². The quantitative estimate of drug-likeness (QED) is 0.847. The minimum atomic E-state index is -0.366. The number of rotatable bonds is 3. The first-order valence-corrected chi connectivity index (χ1v) is 6.47. The molecular weight excluding hydrogens is 299 g/mol. The SMILES string of the molecule is COc1ccc(C(=O)Nc2cccc(Cl)c2Cl)c(N)c1. The van der Waals surface area contributed by atoms with Crippen molar-refractivity contribution in [3.8, 4) is 5.75 Å². The largest absolute Gasteiger partial charge is 0.497 e. The smallest absolute Gasteiger partial charge is 0.257 e. The van der Waals surface area contributed by atoms with E-state index in [1.54, 1.807) is 36.4 Å². The molecule has 1 amide bonds. The third-order valence-electron chi connectivity index (χ3n) is 2.70. The number of hydrogen-bond donors (Lipinski definition) is 2. The van der Waals surface area contributed by atoms with Crippen LogP contribution in [0.5, 0.6) is 5.75 Å². The highest BCUT2D eigenvalue weighted by Crippen LogP contribution is 2.30. The minimum absolute atomic E-state index is 0.287. The maximum atomic E-state index is 12.2. The Hall–Kier alpha value is -1.91. The van der Waals surface area contributed by atoms with Crippen LogP contribution >= 0.6 is 23.2 Å². The van der Waals surface area contributed by atoms with Crippen molar-refractivity contribution < 1.29 is 9.53 Å². The number of nitrogen functional groups attached to an aromatic ring is 1. The summed E-state index contributed by atoms with van der Waals surface area (Å²) < 4.78 is 5.03. The molecule has 0 fully saturated rings. The second kappa shape index (κ2) is 6.03. The van der Waals surface area contributed by atoms with Crippen molar-refractivity contribution in [1.29, 1.82) is 0 Å². The van der Waals surface area contributed by atoms with Crippen molar-refractivity contribution in [2.24, 2.45) is 0 Å². The highest BCUT2D eigenvalue weighted by molar-refractivity contribution is 6.44. The Balaban J connectivity index is 2.26.